The molecule has 19 heavy (non-hydrogen) atoms. The van der Waals surface area contributed by atoms with Gasteiger partial charge in [0.2, 0.25) is 0 Å². The standard InChI is InChI=1S/C14H9F3O2/c15-14(16,17)12-8-10(18)6-7-11(12)13(19)9-4-2-1-3-5-9/h1-8,18H. The van der Waals surface area contributed by atoms with Gasteiger partial charge in [0.25, 0.3) is 0 Å². The number of hydrogen-bond acceptors (Lipinski definition) is 2. The number of alkyl halides is 3. The molecular weight excluding hydrogens is 257 g/mol. The Balaban J connectivity index is 2.54. The second-order valence-corrected chi connectivity index (χ2v) is 3.92. The van der Waals surface area contributed by atoms with Crippen molar-refractivity contribution >= 4 is 5.78 Å². The zero-order chi connectivity index (χ0) is 14.0. The van der Waals surface area contributed by atoms with E-state index in [1.807, 2.05) is 0 Å². The first-order valence-corrected chi connectivity index (χ1v) is 5.39. The lowest BCUT2D eigenvalue weighted by molar-refractivity contribution is -0.138. The Hall–Kier alpha value is -2.30. The zero-order valence-electron chi connectivity index (χ0n) is 9.61. The number of ketones is 1. The van der Waals surface area contributed by atoms with E-state index in [1.165, 1.54) is 12.1 Å². The SMILES string of the molecule is O=C(c1ccccc1)c1ccc(O)cc1C(F)(F)F. The summed E-state index contributed by atoms with van der Waals surface area (Å²) in [5.74, 6) is -1.26. The van der Waals surface area contributed by atoms with Crippen LogP contribution in [0.5, 0.6) is 5.75 Å². The van der Waals surface area contributed by atoms with E-state index in [0.717, 1.165) is 12.1 Å². The van der Waals surface area contributed by atoms with Gasteiger partial charge in [0, 0.05) is 11.1 Å². The highest BCUT2D eigenvalue weighted by atomic mass is 19.4. The summed E-state index contributed by atoms with van der Waals surface area (Å²) >= 11 is 0. The first kappa shape index (κ1) is 13.1. The molecule has 2 aromatic carbocycles. The number of phenolic OH excluding ortho intramolecular Hbond substituents is 1. The third kappa shape index (κ3) is 2.76. The molecule has 0 fully saturated rings. The molecule has 0 heterocycles. The number of rotatable bonds is 2. The average Bonchev–Trinajstić information content (AvgIpc) is 2.38. The summed E-state index contributed by atoms with van der Waals surface area (Å²) in [5.41, 5.74) is -1.45. The first-order chi connectivity index (χ1) is 8.89. The van der Waals surface area contributed by atoms with Crippen molar-refractivity contribution in [1.29, 1.82) is 0 Å². The van der Waals surface area contributed by atoms with Crippen LogP contribution in [0.3, 0.4) is 0 Å². The van der Waals surface area contributed by atoms with E-state index < -0.39 is 28.8 Å². The molecule has 0 aliphatic heterocycles. The Morgan fingerprint density at radius 1 is 1.00 bits per heavy atom. The molecule has 0 saturated heterocycles. The largest absolute Gasteiger partial charge is 0.508 e. The lowest BCUT2D eigenvalue weighted by Gasteiger charge is -2.12. The highest BCUT2D eigenvalue weighted by molar-refractivity contribution is 6.10. The summed E-state index contributed by atoms with van der Waals surface area (Å²) in [4.78, 5) is 12.0. The third-order valence-electron chi connectivity index (χ3n) is 2.59. The van der Waals surface area contributed by atoms with Crippen LogP contribution in [0.25, 0.3) is 0 Å². The van der Waals surface area contributed by atoms with Crippen molar-refractivity contribution in [1.82, 2.24) is 0 Å². The summed E-state index contributed by atoms with van der Waals surface area (Å²) in [7, 11) is 0. The molecule has 0 aliphatic carbocycles. The fraction of sp³-hybridized carbons (Fsp3) is 0.0714. The van der Waals surface area contributed by atoms with E-state index in [1.54, 1.807) is 18.2 Å². The van der Waals surface area contributed by atoms with Crippen LogP contribution >= 0.6 is 0 Å². The molecule has 1 N–H and O–H groups in total. The molecule has 98 valence electrons. The Morgan fingerprint density at radius 2 is 1.63 bits per heavy atom. The minimum atomic E-state index is -4.70. The van der Waals surface area contributed by atoms with Crippen molar-refractivity contribution in [3.63, 3.8) is 0 Å². The topological polar surface area (TPSA) is 37.3 Å². The summed E-state index contributed by atoms with van der Waals surface area (Å²) in [5, 5.41) is 9.14. The monoisotopic (exact) mass is 266 g/mol. The molecular formula is C14H9F3O2. The van der Waals surface area contributed by atoms with E-state index in [2.05, 4.69) is 0 Å². The summed E-state index contributed by atoms with van der Waals surface area (Å²) in [6.07, 6.45) is -4.70. The molecule has 0 spiro atoms. The van der Waals surface area contributed by atoms with Crippen LogP contribution in [-0.2, 0) is 6.18 Å². The van der Waals surface area contributed by atoms with Crippen LogP contribution in [0, 0.1) is 0 Å². The predicted molar refractivity (Wildman–Crippen MR) is 63.0 cm³/mol. The van der Waals surface area contributed by atoms with Crippen LogP contribution in [0.1, 0.15) is 21.5 Å². The molecule has 0 radical (unpaired) electrons. The van der Waals surface area contributed by atoms with E-state index >= 15 is 0 Å². The van der Waals surface area contributed by atoms with E-state index in [-0.39, 0.29) is 5.56 Å². The van der Waals surface area contributed by atoms with Gasteiger partial charge in [-0.2, -0.15) is 13.2 Å². The van der Waals surface area contributed by atoms with Gasteiger partial charge in [-0.3, -0.25) is 4.79 Å². The van der Waals surface area contributed by atoms with Gasteiger partial charge in [-0.15, -0.1) is 0 Å². The minimum absolute atomic E-state index is 0.165. The number of aromatic hydroxyl groups is 1. The highest BCUT2D eigenvalue weighted by Gasteiger charge is 2.35. The van der Waals surface area contributed by atoms with Gasteiger partial charge in [-0.05, 0) is 18.2 Å². The molecule has 0 amide bonds. The van der Waals surface area contributed by atoms with Crippen molar-refractivity contribution < 1.29 is 23.1 Å². The predicted octanol–water partition coefficient (Wildman–Crippen LogP) is 3.64. The lowest BCUT2D eigenvalue weighted by Crippen LogP contribution is -2.13. The molecule has 0 unspecified atom stereocenters. The number of phenols is 1. The van der Waals surface area contributed by atoms with Crippen molar-refractivity contribution in [3.8, 4) is 5.75 Å². The average molecular weight is 266 g/mol. The van der Waals surface area contributed by atoms with Gasteiger partial charge < -0.3 is 5.11 Å². The van der Waals surface area contributed by atoms with Crippen molar-refractivity contribution in [3.05, 3.63) is 65.2 Å². The molecule has 2 aromatic rings. The molecule has 0 atom stereocenters. The fourth-order valence-electron chi connectivity index (χ4n) is 1.71. The minimum Gasteiger partial charge on any atom is -0.508 e. The zero-order valence-corrected chi connectivity index (χ0v) is 9.61. The number of hydrogen-bond donors (Lipinski definition) is 1. The van der Waals surface area contributed by atoms with Gasteiger partial charge in [0.1, 0.15) is 5.75 Å². The molecule has 0 aromatic heterocycles. The Morgan fingerprint density at radius 3 is 2.21 bits per heavy atom. The molecule has 0 bridgehead atoms. The van der Waals surface area contributed by atoms with Crippen molar-refractivity contribution in [2.45, 2.75) is 6.18 Å². The van der Waals surface area contributed by atoms with Gasteiger partial charge in [0.05, 0.1) is 5.56 Å². The smallest absolute Gasteiger partial charge is 0.417 e. The maximum Gasteiger partial charge on any atom is 0.417 e. The van der Waals surface area contributed by atoms with Crippen LogP contribution in [0.15, 0.2) is 48.5 Å². The van der Waals surface area contributed by atoms with Crippen LogP contribution in [0.2, 0.25) is 0 Å². The van der Waals surface area contributed by atoms with Gasteiger partial charge >= 0.3 is 6.18 Å². The van der Waals surface area contributed by atoms with Crippen molar-refractivity contribution in [2.24, 2.45) is 0 Å². The summed E-state index contributed by atoms with van der Waals surface area (Å²) in [6, 6.07) is 10.3. The molecule has 2 rings (SSSR count). The van der Waals surface area contributed by atoms with Crippen LogP contribution < -0.4 is 0 Å². The van der Waals surface area contributed by atoms with Crippen LogP contribution in [-0.4, -0.2) is 10.9 Å². The lowest BCUT2D eigenvalue weighted by atomic mass is 9.98. The van der Waals surface area contributed by atoms with E-state index in [9.17, 15) is 18.0 Å². The normalized spacial score (nSPS) is 11.3. The highest BCUT2D eigenvalue weighted by Crippen LogP contribution is 2.35. The van der Waals surface area contributed by atoms with Crippen molar-refractivity contribution in [2.75, 3.05) is 0 Å². The fourth-order valence-corrected chi connectivity index (χ4v) is 1.71. The Bertz CT molecular complexity index is 604. The number of carbonyl (C=O) groups is 1. The van der Waals surface area contributed by atoms with Gasteiger partial charge in [-0.1, -0.05) is 30.3 Å². The quantitative estimate of drug-likeness (QED) is 0.842. The third-order valence-corrected chi connectivity index (χ3v) is 2.59. The number of benzene rings is 2. The first-order valence-electron chi connectivity index (χ1n) is 5.39. The van der Waals surface area contributed by atoms with E-state index in [4.69, 9.17) is 5.11 Å². The van der Waals surface area contributed by atoms with Gasteiger partial charge in [0.15, 0.2) is 5.78 Å². The number of halogens is 3. The van der Waals surface area contributed by atoms with Crippen LogP contribution in [0.4, 0.5) is 13.2 Å². The molecule has 0 saturated carbocycles. The summed E-state index contributed by atoms with van der Waals surface area (Å²) < 4.78 is 38.5. The second-order valence-electron chi connectivity index (χ2n) is 3.92. The Labute approximate surface area is 107 Å². The second kappa shape index (κ2) is 4.76. The maximum absolute atomic E-state index is 12.8. The maximum atomic E-state index is 12.8. The number of carbonyl (C=O) groups excluding carboxylic acids is 1. The summed E-state index contributed by atoms with van der Waals surface area (Å²) in [6.45, 7) is 0. The molecule has 5 heteroatoms. The van der Waals surface area contributed by atoms with Gasteiger partial charge in [-0.25, -0.2) is 0 Å². The molecule has 0 aliphatic rings. The van der Waals surface area contributed by atoms with E-state index in [0.29, 0.717) is 6.07 Å². The Kier molecular flexibility index (Phi) is 3.29. The molecule has 2 nitrogen and oxygen atoms in total.